The standard InChI is InChI=1S/C13H13N5O2/c14-17-13-8-5-3-6-10(8)15-12(16-13)9-4-1-2-7-11(9)18(19)20/h1-2,4,7H,3,5-6,14H2,(H,15,16,17). The molecule has 0 aliphatic heterocycles. The minimum Gasteiger partial charge on any atom is -0.308 e. The number of hydrogen-bond acceptors (Lipinski definition) is 6. The van der Waals surface area contributed by atoms with Crippen LogP contribution >= 0.6 is 0 Å². The molecule has 3 rings (SSSR count). The van der Waals surface area contributed by atoms with Gasteiger partial charge in [-0.1, -0.05) is 12.1 Å². The Bertz CT molecular complexity index is 686. The van der Waals surface area contributed by atoms with E-state index in [1.165, 1.54) is 6.07 Å². The highest BCUT2D eigenvalue weighted by Gasteiger charge is 2.22. The van der Waals surface area contributed by atoms with Gasteiger partial charge >= 0.3 is 0 Å². The van der Waals surface area contributed by atoms with E-state index in [2.05, 4.69) is 15.4 Å². The number of hydrazine groups is 1. The molecule has 7 nitrogen and oxygen atoms in total. The number of aromatic nitrogens is 2. The number of nitrogens with zero attached hydrogens (tertiary/aromatic N) is 3. The molecule has 1 aliphatic rings. The van der Waals surface area contributed by atoms with Crippen molar-refractivity contribution < 1.29 is 4.92 Å². The summed E-state index contributed by atoms with van der Waals surface area (Å²) in [6, 6.07) is 6.45. The Hall–Kier alpha value is -2.54. The van der Waals surface area contributed by atoms with E-state index in [1.807, 2.05) is 0 Å². The third kappa shape index (κ3) is 1.97. The van der Waals surface area contributed by atoms with E-state index < -0.39 is 4.92 Å². The number of fused-ring (bicyclic) bond motifs is 1. The lowest BCUT2D eigenvalue weighted by Gasteiger charge is -2.09. The van der Waals surface area contributed by atoms with Crippen molar-refractivity contribution in [3.8, 4) is 11.4 Å². The van der Waals surface area contributed by atoms with Gasteiger partial charge in [-0.25, -0.2) is 15.8 Å². The highest BCUT2D eigenvalue weighted by molar-refractivity contribution is 5.69. The van der Waals surface area contributed by atoms with Gasteiger partial charge < -0.3 is 5.43 Å². The summed E-state index contributed by atoms with van der Waals surface area (Å²) in [6.45, 7) is 0. The number of benzene rings is 1. The molecule has 0 radical (unpaired) electrons. The van der Waals surface area contributed by atoms with Crippen LogP contribution in [0.4, 0.5) is 11.5 Å². The lowest BCUT2D eigenvalue weighted by molar-refractivity contribution is -0.384. The lowest BCUT2D eigenvalue weighted by Crippen LogP contribution is -2.13. The van der Waals surface area contributed by atoms with Gasteiger partial charge in [-0.2, -0.15) is 0 Å². The fraction of sp³-hybridized carbons (Fsp3) is 0.231. The predicted molar refractivity (Wildman–Crippen MR) is 74.0 cm³/mol. The third-order valence-electron chi connectivity index (χ3n) is 3.41. The second-order valence-corrected chi connectivity index (χ2v) is 4.59. The molecule has 0 saturated heterocycles. The molecular formula is C13H13N5O2. The Morgan fingerprint density at radius 1 is 1.25 bits per heavy atom. The first-order chi connectivity index (χ1) is 9.70. The first-order valence-electron chi connectivity index (χ1n) is 6.31. The molecule has 102 valence electrons. The average molecular weight is 271 g/mol. The fourth-order valence-corrected chi connectivity index (χ4v) is 2.49. The molecular weight excluding hydrogens is 258 g/mol. The number of aryl methyl sites for hydroxylation is 1. The maximum atomic E-state index is 11.1. The summed E-state index contributed by atoms with van der Waals surface area (Å²) >= 11 is 0. The Balaban J connectivity index is 2.19. The fourth-order valence-electron chi connectivity index (χ4n) is 2.49. The monoisotopic (exact) mass is 271 g/mol. The molecule has 0 saturated carbocycles. The maximum Gasteiger partial charge on any atom is 0.280 e. The molecule has 0 atom stereocenters. The van der Waals surface area contributed by atoms with Gasteiger partial charge in [0.1, 0.15) is 5.82 Å². The average Bonchev–Trinajstić information content (AvgIpc) is 2.94. The van der Waals surface area contributed by atoms with Crippen molar-refractivity contribution in [1.29, 1.82) is 0 Å². The zero-order chi connectivity index (χ0) is 14.1. The molecule has 1 aromatic heterocycles. The Kier molecular flexibility index (Phi) is 3.03. The van der Waals surface area contributed by atoms with Crippen LogP contribution in [0.25, 0.3) is 11.4 Å². The summed E-state index contributed by atoms with van der Waals surface area (Å²) in [7, 11) is 0. The molecule has 1 aliphatic carbocycles. The van der Waals surface area contributed by atoms with Crippen LogP contribution < -0.4 is 11.3 Å². The van der Waals surface area contributed by atoms with E-state index in [0.717, 1.165) is 30.5 Å². The number of nitrogens with two attached hydrogens (primary N) is 1. The second kappa shape index (κ2) is 4.86. The van der Waals surface area contributed by atoms with E-state index in [9.17, 15) is 10.1 Å². The highest BCUT2D eigenvalue weighted by atomic mass is 16.6. The summed E-state index contributed by atoms with van der Waals surface area (Å²) in [5.41, 5.74) is 4.89. The number of nitrogens with one attached hydrogen (secondary N) is 1. The van der Waals surface area contributed by atoms with Crippen LogP contribution in [0.2, 0.25) is 0 Å². The van der Waals surface area contributed by atoms with E-state index in [4.69, 9.17) is 5.84 Å². The summed E-state index contributed by atoms with van der Waals surface area (Å²) in [5.74, 6) is 6.39. The smallest absolute Gasteiger partial charge is 0.280 e. The largest absolute Gasteiger partial charge is 0.308 e. The lowest BCUT2D eigenvalue weighted by atomic mass is 10.1. The van der Waals surface area contributed by atoms with Crippen LogP contribution in [0.15, 0.2) is 24.3 Å². The number of para-hydroxylation sites is 1. The normalized spacial score (nSPS) is 13.1. The number of nitro benzene ring substituents is 1. The van der Waals surface area contributed by atoms with E-state index in [-0.39, 0.29) is 5.69 Å². The third-order valence-corrected chi connectivity index (χ3v) is 3.41. The van der Waals surface area contributed by atoms with Gasteiger partial charge in [-0.15, -0.1) is 0 Å². The van der Waals surface area contributed by atoms with Gasteiger partial charge in [0.25, 0.3) is 5.69 Å². The zero-order valence-electron chi connectivity index (χ0n) is 10.7. The number of rotatable bonds is 3. The van der Waals surface area contributed by atoms with Crippen LogP contribution in [0, 0.1) is 10.1 Å². The van der Waals surface area contributed by atoms with Gasteiger partial charge in [-0.05, 0) is 25.3 Å². The summed E-state index contributed by atoms with van der Waals surface area (Å²) < 4.78 is 0. The first-order valence-corrected chi connectivity index (χ1v) is 6.31. The number of nitrogen functional groups attached to an aromatic ring is 1. The van der Waals surface area contributed by atoms with Crippen LogP contribution in [0.1, 0.15) is 17.7 Å². The van der Waals surface area contributed by atoms with Crippen LogP contribution in [0.5, 0.6) is 0 Å². The zero-order valence-corrected chi connectivity index (χ0v) is 10.7. The molecule has 1 aromatic carbocycles. The summed E-state index contributed by atoms with van der Waals surface area (Å²) in [6.07, 6.45) is 2.73. The van der Waals surface area contributed by atoms with E-state index >= 15 is 0 Å². The predicted octanol–water partition coefficient (Wildman–Crippen LogP) is 1.83. The Morgan fingerprint density at radius 2 is 2.05 bits per heavy atom. The molecule has 1 heterocycles. The first kappa shape index (κ1) is 12.5. The molecule has 7 heteroatoms. The number of anilines is 1. The number of hydrogen-bond donors (Lipinski definition) is 2. The summed E-state index contributed by atoms with van der Waals surface area (Å²) in [4.78, 5) is 19.5. The maximum absolute atomic E-state index is 11.1. The molecule has 0 bridgehead atoms. The van der Waals surface area contributed by atoms with Crippen molar-refractivity contribution in [2.24, 2.45) is 5.84 Å². The van der Waals surface area contributed by atoms with Crippen molar-refractivity contribution in [2.45, 2.75) is 19.3 Å². The van der Waals surface area contributed by atoms with Crippen molar-refractivity contribution in [1.82, 2.24) is 9.97 Å². The molecule has 0 unspecified atom stereocenters. The van der Waals surface area contributed by atoms with E-state index in [0.29, 0.717) is 17.2 Å². The topological polar surface area (TPSA) is 107 Å². The van der Waals surface area contributed by atoms with Crippen molar-refractivity contribution >= 4 is 11.5 Å². The molecule has 2 aromatic rings. The van der Waals surface area contributed by atoms with Gasteiger partial charge in [0.2, 0.25) is 0 Å². The minimum absolute atomic E-state index is 0.00609. The molecule has 20 heavy (non-hydrogen) atoms. The Morgan fingerprint density at radius 3 is 2.80 bits per heavy atom. The Labute approximate surface area is 115 Å². The van der Waals surface area contributed by atoms with Gasteiger partial charge in [0, 0.05) is 17.3 Å². The summed E-state index contributed by atoms with van der Waals surface area (Å²) in [5, 5.41) is 11.1. The molecule has 0 fully saturated rings. The van der Waals surface area contributed by atoms with Gasteiger partial charge in [-0.3, -0.25) is 10.1 Å². The van der Waals surface area contributed by atoms with Gasteiger partial charge in [0.15, 0.2) is 5.82 Å². The molecule has 0 spiro atoms. The van der Waals surface area contributed by atoms with Crippen molar-refractivity contribution in [3.05, 3.63) is 45.6 Å². The minimum atomic E-state index is -0.429. The number of nitro groups is 1. The van der Waals surface area contributed by atoms with E-state index in [1.54, 1.807) is 18.2 Å². The van der Waals surface area contributed by atoms with Crippen LogP contribution in [-0.2, 0) is 12.8 Å². The second-order valence-electron chi connectivity index (χ2n) is 4.59. The van der Waals surface area contributed by atoms with Crippen molar-refractivity contribution in [3.63, 3.8) is 0 Å². The molecule has 3 N–H and O–H groups in total. The van der Waals surface area contributed by atoms with Gasteiger partial charge in [0.05, 0.1) is 10.5 Å². The van der Waals surface area contributed by atoms with Crippen LogP contribution in [0.3, 0.4) is 0 Å². The molecule has 0 amide bonds. The SMILES string of the molecule is NNc1nc(-c2ccccc2[N+](=O)[O-])nc2c1CCC2. The quantitative estimate of drug-likeness (QED) is 0.501. The van der Waals surface area contributed by atoms with Crippen LogP contribution in [-0.4, -0.2) is 14.9 Å². The highest BCUT2D eigenvalue weighted by Crippen LogP contribution is 2.32. The van der Waals surface area contributed by atoms with Crippen molar-refractivity contribution in [2.75, 3.05) is 5.43 Å².